The molecule has 0 aliphatic heterocycles. The fourth-order valence-electron chi connectivity index (χ4n) is 3.40. The average molecular weight is 270 g/mol. The molecule has 0 aromatic carbocycles. The Morgan fingerprint density at radius 1 is 1.42 bits per heavy atom. The zero-order valence-corrected chi connectivity index (χ0v) is 13.0. The number of esters is 1. The lowest BCUT2D eigenvalue weighted by atomic mass is 9.78. The zero-order valence-electron chi connectivity index (χ0n) is 13.0. The molecule has 1 N–H and O–H groups in total. The molecule has 4 heteroatoms. The summed E-state index contributed by atoms with van der Waals surface area (Å²) >= 11 is 0. The molecular weight excluding hydrogens is 240 g/mol. The minimum absolute atomic E-state index is 0.0911. The molecule has 1 saturated carbocycles. The summed E-state index contributed by atoms with van der Waals surface area (Å²) in [6.45, 7) is 9.45. The monoisotopic (exact) mass is 270 g/mol. The third-order valence-corrected chi connectivity index (χ3v) is 4.25. The van der Waals surface area contributed by atoms with Crippen LogP contribution in [-0.2, 0) is 9.53 Å². The van der Waals surface area contributed by atoms with E-state index in [1.54, 1.807) is 0 Å². The van der Waals surface area contributed by atoms with E-state index in [1.807, 2.05) is 0 Å². The lowest BCUT2D eigenvalue weighted by Crippen LogP contribution is -2.58. The molecule has 0 saturated heterocycles. The van der Waals surface area contributed by atoms with E-state index in [-0.39, 0.29) is 5.97 Å². The number of rotatable bonds is 7. The molecule has 0 aromatic heterocycles. The molecule has 1 rings (SSSR count). The molecule has 112 valence electrons. The molecule has 0 radical (unpaired) electrons. The summed E-state index contributed by atoms with van der Waals surface area (Å²) in [7, 11) is 1.49. The maximum atomic E-state index is 12.2. The molecular formula is C15H30N2O2. The van der Waals surface area contributed by atoms with Gasteiger partial charge >= 0.3 is 5.97 Å². The van der Waals surface area contributed by atoms with Crippen LogP contribution < -0.4 is 5.32 Å². The number of methoxy groups -OCH3 is 1. The second kappa shape index (κ2) is 7.85. The predicted octanol–water partition coefficient (Wildman–Crippen LogP) is 2.18. The third-order valence-electron chi connectivity index (χ3n) is 4.25. The van der Waals surface area contributed by atoms with Crippen molar-refractivity contribution in [3.63, 3.8) is 0 Å². The Morgan fingerprint density at radius 3 is 2.68 bits per heavy atom. The summed E-state index contributed by atoms with van der Waals surface area (Å²) in [5, 5.41) is 3.40. The number of ether oxygens (including phenoxy) is 1. The Morgan fingerprint density at radius 2 is 2.16 bits per heavy atom. The summed E-state index contributed by atoms with van der Waals surface area (Å²) in [4.78, 5) is 14.7. The molecule has 1 aliphatic rings. The maximum Gasteiger partial charge on any atom is 0.326 e. The van der Waals surface area contributed by atoms with E-state index in [9.17, 15) is 4.79 Å². The van der Waals surface area contributed by atoms with Crippen LogP contribution in [0.5, 0.6) is 0 Å². The van der Waals surface area contributed by atoms with Crippen LogP contribution in [-0.4, -0.2) is 49.2 Å². The summed E-state index contributed by atoms with van der Waals surface area (Å²) in [6, 6.07) is 0.497. The molecule has 2 atom stereocenters. The number of hydrogen-bond acceptors (Lipinski definition) is 4. The number of nitrogens with zero attached hydrogens (tertiary/aromatic N) is 1. The first kappa shape index (κ1) is 16.4. The third kappa shape index (κ3) is 3.93. The topological polar surface area (TPSA) is 41.6 Å². The minimum atomic E-state index is -0.465. The lowest BCUT2D eigenvalue weighted by Gasteiger charge is -2.43. The zero-order chi connectivity index (χ0) is 14.3. The van der Waals surface area contributed by atoms with Crippen molar-refractivity contribution in [2.24, 2.45) is 0 Å². The van der Waals surface area contributed by atoms with Crippen LogP contribution in [0.3, 0.4) is 0 Å². The lowest BCUT2D eigenvalue weighted by molar-refractivity contribution is -0.151. The number of hydrogen-bond donors (Lipinski definition) is 1. The van der Waals surface area contributed by atoms with Crippen molar-refractivity contribution in [2.75, 3.05) is 26.7 Å². The summed E-state index contributed by atoms with van der Waals surface area (Å²) < 4.78 is 5.05. The molecule has 0 bridgehead atoms. The molecule has 0 spiro atoms. The predicted molar refractivity (Wildman–Crippen MR) is 78.2 cm³/mol. The average Bonchev–Trinajstić information content (AvgIpc) is 2.44. The molecule has 19 heavy (non-hydrogen) atoms. The van der Waals surface area contributed by atoms with Gasteiger partial charge in [0.05, 0.1) is 7.11 Å². The molecule has 0 aromatic rings. The SMILES string of the molecule is CCCN(CC)C1CCCC(NCC)(C(=O)OC)C1. The summed E-state index contributed by atoms with van der Waals surface area (Å²) in [5.41, 5.74) is -0.465. The van der Waals surface area contributed by atoms with Crippen LogP contribution >= 0.6 is 0 Å². The number of nitrogens with one attached hydrogen (secondary N) is 1. The Bertz CT molecular complexity index is 279. The fraction of sp³-hybridized carbons (Fsp3) is 0.933. The normalized spacial score (nSPS) is 27.5. The standard InChI is InChI=1S/C15H30N2O2/c1-5-11-17(7-3)13-9-8-10-15(12-13,16-6-2)14(18)19-4/h13,16H,5-12H2,1-4H3. The van der Waals surface area contributed by atoms with E-state index in [4.69, 9.17) is 4.74 Å². The van der Waals surface area contributed by atoms with Crippen LogP contribution in [0.2, 0.25) is 0 Å². The number of carbonyl (C=O) groups is 1. The Hall–Kier alpha value is -0.610. The number of likely N-dealkylation sites (N-methyl/N-ethyl adjacent to an activating group) is 1. The second-order valence-electron chi connectivity index (χ2n) is 5.48. The van der Waals surface area contributed by atoms with Crippen LogP contribution in [0.1, 0.15) is 52.9 Å². The van der Waals surface area contributed by atoms with E-state index in [1.165, 1.54) is 13.5 Å². The van der Waals surface area contributed by atoms with Gasteiger partial charge in [0.1, 0.15) is 5.54 Å². The van der Waals surface area contributed by atoms with Gasteiger partial charge in [0, 0.05) is 6.04 Å². The van der Waals surface area contributed by atoms with Crippen molar-refractivity contribution in [3.8, 4) is 0 Å². The van der Waals surface area contributed by atoms with E-state index in [2.05, 4.69) is 31.0 Å². The highest BCUT2D eigenvalue weighted by Gasteiger charge is 2.44. The summed E-state index contributed by atoms with van der Waals surface area (Å²) in [5.74, 6) is -0.0911. The largest absolute Gasteiger partial charge is 0.468 e. The molecule has 4 nitrogen and oxygen atoms in total. The van der Waals surface area contributed by atoms with Gasteiger partial charge in [0.15, 0.2) is 0 Å². The highest BCUT2D eigenvalue weighted by molar-refractivity contribution is 5.81. The van der Waals surface area contributed by atoms with Crippen molar-refractivity contribution < 1.29 is 9.53 Å². The molecule has 1 fully saturated rings. The maximum absolute atomic E-state index is 12.2. The van der Waals surface area contributed by atoms with Gasteiger partial charge in [-0.2, -0.15) is 0 Å². The van der Waals surface area contributed by atoms with Gasteiger partial charge in [-0.05, 0) is 51.7 Å². The fourth-order valence-corrected chi connectivity index (χ4v) is 3.40. The highest BCUT2D eigenvalue weighted by atomic mass is 16.5. The Kier molecular flexibility index (Phi) is 6.80. The van der Waals surface area contributed by atoms with Gasteiger partial charge in [0.2, 0.25) is 0 Å². The molecule has 1 aliphatic carbocycles. The van der Waals surface area contributed by atoms with Gasteiger partial charge < -0.3 is 15.0 Å². The minimum Gasteiger partial charge on any atom is -0.468 e. The smallest absolute Gasteiger partial charge is 0.326 e. The molecule has 0 amide bonds. The van der Waals surface area contributed by atoms with Crippen molar-refractivity contribution >= 4 is 5.97 Å². The molecule has 0 heterocycles. The first-order valence-corrected chi connectivity index (χ1v) is 7.71. The van der Waals surface area contributed by atoms with E-state index < -0.39 is 5.54 Å². The van der Waals surface area contributed by atoms with E-state index in [0.717, 1.165) is 45.3 Å². The second-order valence-corrected chi connectivity index (χ2v) is 5.48. The van der Waals surface area contributed by atoms with E-state index >= 15 is 0 Å². The quantitative estimate of drug-likeness (QED) is 0.720. The van der Waals surface area contributed by atoms with Gasteiger partial charge in [0.25, 0.3) is 0 Å². The van der Waals surface area contributed by atoms with Gasteiger partial charge in [-0.1, -0.05) is 20.8 Å². The van der Waals surface area contributed by atoms with Crippen LogP contribution in [0, 0.1) is 0 Å². The van der Waals surface area contributed by atoms with Crippen molar-refractivity contribution in [2.45, 2.75) is 64.5 Å². The summed E-state index contributed by atoms with van der Waals surface area (Å²) in [6.07, 6.45) is 5.22. The molecule has 2 unspecified atom stereocenters. The van der Waals surface area contributed by atoms with Crippen LogP contribution in [0.25, 0.3) is 0 Å². The van der Waals surface area contributed by atoms with Gasteiger partial charge in [-0.15, -0.1) is 0 Å². The van der Waals surface area contributed by atoms with Crippen LogP contribution in [0.4, 0.5) is 0 Å². The van der Waals surface area contributed by atoms with Crippen molar-refractivity contribution in [3.05, 3.63) is 0 Å². The number of carbonyl (C=O) groups excluding carboxylic acids is 1. The van der Waals surface area contributed by atoms with Crippen molar-refractivity contribution in [1.82, 2.24) is 10.2 Å². The van der Waals surface area contributed by atoms with Crippen LogP contribution in [0.15, 0.2) is 0 Å². The Balaban J connectivity index is 2.81. The van der Waals surface area contributed by atoms with E-state index in [0.29, 0.717) is 6.04 Å². The highest BCUT2D eigenvalue weighted by Crippen LogP contribution is 2.32. The van der Waals surface area contributed by atoms with Gasteiger partial charge in [-0.3, -0.25) is 4.79 Å². The Labute approximate surface area is 117 Å². The van der Waals surface area contributed by atoms with Gasteiger partial charge in [-0.25, -0.2) is 0 Å². The first-order valence-electron chi connectivity index (χ1n) is 7.71. The van der Waals surface area contributed by atoms with Crippen molar-refractivity contribution in [1.29, 1.82) is 0 Å². The first-order chi connectivity index (χ1) is 9.13.